The molecule has 0 saturated heterocycles. The minimum absolute atomic E-state index is 0.00859. The summed E-state index contributed by atoms with van der Waals surface area (Å²) in [5.41, 5.74) is 4.25. The molecule has 8 heteroatoms. The molecule has 1 fully saturated rings. The van der Waals surface area contributed by atoms with Gasteiger partial charge in [0.25, 0.3) is 0 Å². The van der Waals surface area contributed by atoms with Crippen LogP contribution in [0.3, 0.4) is 0 Å². The third-order valence-corrected chi connectivity index (χ3v) is 6.73. The first-order valence-corrected chi connectivity index (χ1v) is 11.3. The predicted molar refractivity (Wildman–Crippen MR) is 123 cm³/mol. The highest BCUT2D eigenvalue weighted by atomic mass is 19.1. The highest BCUT2D eigenvalue weighted by molar-refractivity contribution is 5.91. The lowest BCUT2D eigenvalue weighted by Crippen LogP contribution is -2.39. The molecule has 5 rings (SSSR count). The first-order chi connectivity index (χ1) is 16.3. The Morgan fingerprint density at radius 1 is 1.15 bits per heavy atom. The number of carbonyl (C=O) groups is 1. The van der Waals surface area contributed by atoms with Crippen molar-refractivity contribution in [3.05, 3.63) is 76.9 Å². The number of hydrogen-bond donors (Lipinski definition) is 2. The minimum Gasteiger partial charge on any atom is -0.352 e. The van der Waals surface area contributed by atoms with Crippen LogP contribution in [0.15, 0.2) is 42.6 Å². The number of nitrogens with one attached hydrogen (secondary N) is 2. The van der Waals surface area contributed by atoms with Crippen LogP contribution >= 0.6 is 0 Å². The molecule has 0 radical (unpaired) electrons. The van der Waals surface area contributed by atoms with Crippen LogP contribution in [-0.2, 0) is 24.8 Å². The number of H-pyrrole nitrogens is 1. The Morgan fingerprint density at radius 3 is 2.56 bits per heavy atom. The number of fused-ring (bicyclic) bond motifs is 1. The molecular weight excluding hydrogens is 441 g/mol. The minimum atomic E-state index is -0.666. The van der Waals surface area contributed by atoms with Gasteiger partial charge in [0.05, 0.1) is 11.2 Å². The van der Waals surface area contributed by atoms with Gasteiger partial charge in [0, 0.05) is 48.4 Å². The molecule has 2 aromatic carbocycles. The summed E-state index contributed by atoms with van der Waals surface area (Å²) < 4.78 is 43.7. The Balaban J connectivity index is 1.32. The second-order valence-electron chi connectivity index (χ2n) is 9.17. The van der Waals surface area contributed by atoms with Crippen LogP contribution in [0.1, 0.15) is 29.7 Å². The van der Waals surface area contributed by atoms with Crippen molar-refractivity contribution in [1.29, 1.82) is 0 Å². The molecule has 5 nitrogen and oxygen atoms in total. The van der Waals surface area contributed by atoms with Crippen molar-refractivity contribution >= 4 is 16.8 Å². The molecule has 2 aromatic heterocycles. The van der Waals surface area contributed by atoms with Crippen LogP contribution < -0.4 is 5.32 Å². The van der Waals surface area contributed by atoms with E-state index in [-0.39, 0.29) is 29.1 Å². The van der Waals surface area contributed by atoms with Crippen molar-refractivity contribution in [2.75, 3.05) is 0 Å². The monoisotopic (exact) mass is 466 g/mol. The summed E-state index contributed by atoms with van der Waals surface area (Å²) in [6, 6.07) is 8.11. The maximum absolute atomic E-state index is 14.5. The second kappa shape index (κ2) is 8.66. The Labute approximate surface area is 195 Å². The van der Waals surface area contributed by atoms with Gasteiger partial charge in [-0.25, -0.2) is 13.2 Å². The molecule has 1 aliphatic rings. The molecule has 2 heterocycles. The smallest absolute Gasteiger partial charge is 0.223 e. The molecule has 1 saturated carbocycles. The largest absolute Gasteiger partial charge is 0.352 e. The normalized spacial score (nSPS) is 17.7. The molecule has 0 atom stereocenters. The van der Waals surface area contributed by atoms with Crippen LogP contribution in [0.5, 0.6) is 0 Å². The van der Waals surface area contributed by atoms with E-state index >= 15 is 0 Å². The fourth-order valence-corrected chi connectivity index (χ4v) is 4.90. The lowest BCUT2D eigenvalue weighted by molar-refractivity contribution is -0.129. The molecule has 2 N–H and O–H groups in total. The van der Waals surface area contributed by atoms with E-state index < -0.39 is 11.6 Å². The van der Waals surface area contributed by atoms with Crippen molar-refractivity contribution in [2.45, 2.75) is 32.7 Å². The lowest BCUT2D eigenvalue weighted by atomic mass is 9.71. The maximum atomic E-state index is 14.5. The van der Waals surface area contributed by atoms with Crippen LogP contribution in [0.25, 0.3) is 22.2 Å². The number of aromatic nitrogens is 3. The van der Waals surface area contributed by atoms with Crippen LogP contribution in [-0.4, -0.2) is 20.7 Å². The summed E-state index contributed by atoms with van der Waals surface area (Å²) >= 11 is 0. The summed E-state index contributed by atoms with van der Waals surface area (Å²) in [4.78, 5) is 15.7. The number of amides is 1. The van der Waals surface area contributed by atoms with Crippen molar-refractivity contribution in [2.24, 2.45) is 18.9 Å². The third kappa shape index (κ3) is 4.20. The van der Waals surface area contributed by atoms with Gasteiger partial charge in [-0.1, -0.05) is 0 Å². The van der Waals surface area contributed by atoms with E-state index in [1.807, 2.05) is 20.2 Å². The van der Waals surface area contributed by atoms with Gasteiger partial charge < -0.3 is 10.3 Å². The number of nitrogens with zero attached hydrogens (tertiary/aromatic N) is 2. The molecule has 1 aliphatic carbocycles. The highest BCUT2D eigenvalue weighted by Gasteiger charge is 2.35. The van der Waals surface area contributed by atoms with E-state index in [1.165, 1.54) is 18.2 Å². The zero-order valence-electron chi connectivity index (χ0n) is 19.0. The summed E-state index contributed by atoms with van der Waals surface area (Å²) in [6.07, 6.45) is 3.86. The standard InChI is InChI=1S/C26H25F3N4O/c1-14-18(13-33(2)32-14)12-30-26(34)17-7-15(8-17)9-21-22-10-20(28)11-23(29)25(22)31-24(21)16-3-5-19(27)6-4-16/h3-6,10-11,13,15,17,31H,7-9,12H2,1-2H3,(H,30,34). The zero-order chi connectivity index (χ0) is 24.0. The Kier molecular flexibility index (Phi) is 5.67. The average Bonchev–Trinajstić information content (AvgIpc) is 3.28. The number of aromatic amines is 1. The average molecular weight is 467 g/mol. The summed E-state index contributed by atoms with van der Waals surface area (Å²) in [6.45, 7) is 2.35. The van der Waals surface area contributed by atoms with E-state index in [4.69, 9.17) is 0 Å². The lowest BCUT2D eigenvalue weighted by Gasteiger charge is -2.34. The number of benzene rings is 2. The number of carbonyl (C=O) groups excluding carboxylic acids is 1. The Hall–Kier alpha value is -3.55. The second-order valence-corrected chi connectivity index (χ2v) is 9.17. The van der Waals surface area contributed by atoms with Gasteiger partial charge in [0.15, 0.2) is 0 Å². The van der Waals surface area contributed by atoms with Crippen molar-refractivity contribution in [3.63, 3.8) is 0 Å². The summed E-state index contributed by atoms with van der Waals surface area (Å²) in [7, 11) is 1.84. The van der Waals surface area contributed by atoms with Gasteiger partial charge in [0.1, 0.15) is 17.5 Å². The number of rotatable bonds is 6. The van der Waals surface area contributed by atoms with Gasteiger partial charge in [-0.05, 0) is 73.6 Å². The van der Waals surface area contributed by atoms with E-state index in [0.29, 0.717) is 42.5 Å². The summed E-state index contributed by atoms with van der Waals surface area (Å²) in [5.74, 6) is -1.55. The molecular formula is C26H25F3N4O. The van der Waals surface area contributed by atoms with Gasteiger partial charge in [-0.2, -0.15) is 5.10 Å². The molecule has 1 amide bonds. The predicted octanol–water partition coefficient (Wildman–Crippen LogP) is 5.18. The van der Waals surface area contributed by atoms with E-state index in [1.54, 1.807) is 16.8 Å². The van der Waals surface area contributed by atoms with Gasteiger partial charge in [-0.15, -0.1) is 0 Å². The number of hydrogen-bond acceptors (Lipinski definition) is 2. The highest BCUT2D eigenvalue weighted by Crippen LogP contribution is 2.41. The first-order valence-electron chi connectivity index (χ1n) is 11.3. The Morgan fingerprint density at radius 2 is 1.88 bits per heavy atom. The molecule has 0 bridgehead atoms. The fraction of sp³-hybridized carbons (Fsp3) is 0.308. The molecule has 176 valence electrons. The SMILES string of the molecule is Cc1nn(C)cc1CNC(=O)C1CC(Cc2c(-c3ccc(F)cc3)[nH]c3c(F)cc(F)cc23)C1. The molecule has 0 spiro atoms. The van der Waals surface area contributed by atoms with Crippen molar-refractivity contribution in [3.8, 4) is 11.3 Å². The topological polar surface area (TPSA) is 62.7 Å². The van der Waals surface area contributed by atoms with Gasteiger partial charge in [-0.3, -0.25) is 9.48 Å². The Bertz CT molecular complexity index is 1370. The molecule has 34 heavy (non-hydrogen) atoms. The maximum Gasteiger partial charge on any atom is 0.223 e. The van der Waals surface area contributed by atoms with Gasteiger partial charge >= 0.3 is 0 Å². The van der Waals surface area contributed by atoms with E-state index in [9.17, 15) is 18.0 Å². The summed E-state index contributed by atoms with van der Waals surface area (Å²) in [5, 5.41) is 7.76. The van der Waals surface area contributed by atoms with Crippen LogP contribution in [0.2, 0.25) is 0 Å². The van der Waals surface area contributed by atoms with Crippen molar-refractivity contribution < 1.29 is 18.0 Å². The van der Waals surface area contributed by atoms with E-state index in [0.717, 1.165) is 22.9 Å². The van der Waals surface area contributed by atoms with Crippen LogP contribution in [0, 0.1) is 36.2 Å². The quantitative estimate of drug-likeness (QED) is 0.411. The molecule has 0 unspecified atom stereocenters. The van der Waals surface area contributed by atoms with Crippen molar-refractivity contribution in [1.82, 2.24) is 20.1 Å². The van der Waals surface area contributed by atoms with Crippen LogP contribution in [0.4, 0.5) is 13.2 Å². The third-order valence-electron chi connectivity index (χ3n) is 6.73. The van der Waals surface area contributed by atoms with E-state index in [2.05, 4.69) is 15.4 Å². The number of halogens is 3. The molecule has 4 aromatic rings. The fourth-order valence-electron chi connectivity index (χ4n) is 4.90. The van der Waals surface area contributed by atoms with Gasteiger partial charge in [0.2, 0.25) is 5.91 Å². The number of aryl methyl sites for hydroxylation is 2. The molecule has 0 aliphatic heterocycles. The zero-order valence-corrected chi connectivity index (χ0v) is 19.0. The first kappa shape index (κ1) is 22.3.